The van der Waals surface area contributed by atoms with E-state index in [0.717, 1.165) is 24.9 Å². The fraction of sp³-hybridized carbons (Fsp3) is 0.280. The summed E-state index contributed by atoms with van der Waals surface area (Å²) >= 11 is 6.05. The van der Waals surface area contributed by atoms with Crippen LogP contribution in [-0.4, -0.2) is 46.5 Å². The van der Waals surface area contributed by atoms with Crippen molar-refractivity contribution in [1.82, 2.24) is 20.4 Å². The maximum absolute atomic E-state index is 13.0. The first-order valence-corrected chi connectivity index (χ1v) is 11.5. The molecule has 2 aromatic carbocycles. The summed E-state index contributed by atoms with van der Waals surface area (Å²) in [4.78, 5) is 32.0. The smallest absolute Gasteiger partial charge is 0.253 e. The zero-order valence-corrected chi connectivity index (χ0v) is 19.4. The summed E-state index contributed by atoms with van der Waals surface area (Å²) in [5, 5.41) is 10.3. The molecule has 9 heteroatoms. The van der Waals surface area contributed by atoms with E-state index < -0.39 is 0 Å². The Morgan fingerprint density at radius 1 is 1.24 bits per heavy atom. The molecule has 1 aliphatic rings. The topological polar surface area (TPSA) is 100 Å². The molecule has 0 spiro atoms. The average Bonchev–Trinajstić information content (AvgIpc) is 3.31. The summed E-state index contributed by atoms with van der Waals surface area (Å²) in [5.74, 6) is 0.385. The molecule has 0 radical (unpaired) electrons. The van der Waals surface area contributed by atoms with Crippen LogP contribution >= 0.6 is 11.6 Å². The van der Waals surface area contributed by atoms with Crippen LogP contribution in [0.3, 0.4) is 0 Å². The third-order valence-corrected chi connectivity index (χ3v) is 5.86. The highest BCUT2D eigenvalue weighted by atomic mass is 35.5. The Bertz CT molecular complexity index is 1180. The van der Waals surface area contributed by atoms with E-state index >= 15 is 0 Å². The van der Waals surface area contributed by atoms with Gasteiger partial charge in [0.05, 0.1) is 23.7 Å². The molecule has 1 atom stereocenters. The minimum Gasteiger partial charge on any atom is -0.349 e. The van der Waals surface area contributed by atoms with Crippen molar-refractivity contribution in [2.75, 3.05) is 25.0 Å². The lowest BCUT2D eigenvalue weighted by atomic mass is 9.96. The maximum Gasteiger partial charge on any atom is 0.253 e. The van der Waals surface area contributed by atoms with E-state index in [-0.39, 0.29) is 17.7 Å². The standard InChI is InChI=1S/C25H26ClN5O3/c1-2-12-27-25(33)20-10-3-4-11-21(20)28-24(32)18-8-6-13-31(15-18)16-22-29-23(30-34-22)17-7-5-9-19(26)14-17/h2-5,7,9-11,14,18H,1,6,8,12-13,15-16H2,(H,27,33)(H,28,32). The minimum atomic E-state index is -0.257. The molecule has 1 aromatic heterocycles. The second-order valence-electron chi connectivity index (χ2n) is 8.13. The quantitative estimate of drug-likeness (QED) is 0.470. The van der Waals surface area contributed by atoms with Gasteiger partial charge in [-0.15, -0.1) is 6.58 Å². The van der Waals surface area contributed by atoms with Crippen LogP contribution in [0.4, 0.5) is 5.69 Å². The second-order valence-corrected chi connectivity index (χ2v) is 8.57. The van der Waals surface area contributed by atoms with Gasteiger partial charge in [0, 0.05) is 23.7 Å². The van der Waals surface area contributed by atoms with Crippen molar-refractivity contribution in [3.8, 4) is 11.4 Å². The summed E-state index contributed by atoms with van der Waals surface area (Å²) in [7, 11) is 0. The van der Waals surface area contributed by atoms with Gasteiger partial charge in [0.15, 0.2) is 0 Å². The molecular formula is C25H26ClN5O3. The number of piperidine rings is 1. The maximum atomic E-state index is 13.0. The van der Waals surface area contributed by atoms with Crippen LogP contribution in [0.1, 0.15) is 29.1 Å². The Kier molecular flexibility index (Phi) is 7.72. The van der Waals surface area contributed by atoms with Crippen LogP contribution in [0.5, 0.6) is 0 Å². The molecule has 34 heavy (non-hydrogen) atoms. The lowest BCUT2D eigenvalue weighted by Gasteiger charge is -2.31. The van der Waals surface area contributed by atoms with Crippen molar-refractivity contribution in [2.24, 2.45) is 5.92 Å². The highest BCUT2D eigenvalue weighted by Gasteiger charge is 2.28. The molecule has 0 aliphatic carbocycles. The average molecular weight is 480 g/mol. The molecule has 2 N–H and O–H groups in total. The predicted molar refractivity (Wildman–Crippen MR) is 130 cm³/mol. The van der Waals surface area contributed by atoms with Gasteiger partial charge in [-0.1, -0.05) is 47.1 Å². The first-order chi connectivity index (χ1) is 16.5. The van der Waals surface area contributed by atoms with Crippen LogP contribution < -0.4 is 10.6 Å². The summed E-state index contributed by atoms with van der Waals surface area (Å²) < 4.78 is 5.43. The number of aromatic nitrogens is 2. The first kappa shape index (κ1) is 23.7. The van der Waals surface area contributed by atoms with Crippen molar-refractivity contribution in [1.29, 1.82) is 0 Å². The number of rotatable bonds is 8. The second kappa shape index (κ2) is 11.1. The van der Waals surface area contributed by atoms with Crippen molar-refractivity contribution >= 4 is 29.1 Å². The van der Waals surface area contributed by atoms with E-state index in [9.17, 15) is 9.59 Å². The Morgan fingerprint density at radius 2 is 2.09 bits per heavy atom. The number of likely N-dealkylation sites (tertiary alicyclic amines) is 1. The number of para-hydroxylation sites is 1. The zero-order valence-electron chi connectivity index (χ0n) is 18.7. The van der Waals surface area contributed by atoms with Crippen molar-refractivity contribution in [2.45, 2.75) is 19.4 Å². The van der Waals surface area contributed by atoms with Gasteiger partial charge in [-0.3, -0.25) is 14.5 Å². The monoisotopic (exact) mass is 479 g/mol. The van der Waals surface area contributed by atoms with Crippen LogP contribution in [0, 0.1) is 5.92 Å². The Balaban J connectivity index is 1.38. The fourth-order valence-corrected chi connectivity index (χ4v) is 4.14. The van der Waals surface area contributed by atoms with Gasteiger partial charge in [-0.25, -0.2) is 0 Å². The predicted octanol–water partition coefficient (Wildman–Crippen LogP) is 4.16. The summed E-state index contributed by atoms with van der Waals surface area (Å²) in [6.45, 7) is 5.81. The summed E-state index contributed by atoms with van der Waals surface area (Å²) in [6, 6.07) is 14.3. The van der Waals surface area contributed by atoms with E-state index in [1.54, 1.807) is 42.5 Å². The van der Waals surface area contributed by atoms with Gasteiger partial charge in [-0.2, -0.15) is 4.98 Å². The van der Waals surface area contributed by atoms with Gasteiger partial charge >= 0.3 is 0 Å². The molecule has 0 saturated carbocycles. The lowest BCUT2D eigenvalue weighted by Crippen LogP contribution is -2.40. The molecule has 4 rings (SSSR count). The number of carbonyl (C=O) groups is 2. The number of benzene rings is 2. The number of hydrogen-bond donors (Lipinski definition) is 2. The normalized spacial score (nSPS) is 16.1. The van der Waals surface area contributed by atoms with Gasteiger partial charge in [0.25, 0.3) is 5.91 Å². The van der Waals surface area contributed by atoms with E-state index in [1.165, 1.54) is 0 Å². The van der Waals surface area contributed by atoms with Gasteiger partial charge in [-0.05, 0) is 43.7 Å². The number of nitrogens with one attached hydrogen (secondary N) is 2. The van der Waals surface area contributed by atoms with Crippen LogP contribution in [-0.2, 0) is 11.3 Å². The largest absolute Gasteiger partial charge is 0.349 e. The molecule has 1 fully saturated rings. The van der Waals surface area contributed by atoms with Crippen molar-refractivity contribution < 1.29 is 14.1 Å². The third-order valence-electron chi connectivity index (χ3n) is 5.62. The summed E-state index contributed by atoms with van der Waals surface area (Å²) in [6.07, 6.45) is 3.25. The third kappa shape index (κ3) is 5.89. The number of carbonyl (C=O) groups excluding carboxylic acids is 2. The molecule has 1 aliphatic heterocycles. The summed E-state index contributed by atoms with van der Waals surface area (Å²) in [5.41, 5.74) is 1.70. The molecular weight excluding hydrogens is 454 g/mol. The van der Waals surface area contributed by atoms with Crippen LogP contribution in [0.15, 0.2) is 65.7 Å². The lowest BCUT2D eigenvalue weighted by molar-refractivity contribution is -0.121. The van der Waals surface area contributed by atoms with Gasteiger partial charge in [0.1, 0.15) is 0 Å². The minimum absolute atomic E-state index is 0.112. The Morgan fingerprint density at radius 3 is 2.91 bits per heavy atom. The van der Waals surface area contributed by atoms with E-state index in [2.05, 4.69) is 32.3 Å². The van der Waals surface area contributed by atoms with Gasteiger partial charge in [0.2, 0.25) is 17.6 Å². The number of hydrogen-bond acceptors (Lipinski definition) is 6. The van der Waals surface area contributed by atoms with E-state index in [4.69, 9.17) is 16.1 Å². The molecule has 2 amide bonds. The van der Waals surface area contributed by atoms with Gasteiger partial charge < -0.3 is 15.2 Å². The number of anilines is 1. The highest BCUT2D eigenvalue weighted by Crippen LogP contribution is 2.24. The fourth-order valence-electron chi connectivity index (χ4n) is 3.95. The Hall–Kier alpha value is -3.49. The van der Waals surface area contributed by atoms with E-state index in [0.29, 0.717) is 47.6 Å². The molecule has 2 heterocycles. The van der Waals surface area contributed by atoms with Crippen LogP contribution in [0.25, 0.3) is 11.4 Å². The molecule has 1 saturated heterocycles. The SMILES string of the molecule is C=CCNC(=O)c1ccccc1NC(=O)C1CCCN(Cc2nc(-c3cccc(Cl)c3)no2)C1. The molecule has 3 aromatic rings. The number of nitrogens with zero attached hydrogens (tertiary/aromatic N) is 3. The van der Waals surface area contributed by atoms with E-state index in [1.807, 2.05) is 12.1 Å². The number of halogens is 1. The first-order valence-electron chi connectivity index (χ1n) is 11.1. The molecule has 1 unspecified atom stereocenters. The molecule has 176 valence electrons. The zero-order chi connectivity index (χ0) is 23.9. The molecule has 8 nitrogen and oxygen atoms in total. The van der Waals surface area contributed by atoms with Crippen molar-refractivity contribution in [3.05, 3.63) is 77.7 Å². The molecule has 0 bridgehead atoms. The Labute approximate surface area is 203 Å². The van der Waals surface area contributed by atoms with Crippen LogP contribution in [0.2, 0.25) is 5.02 Å². The highest BCUT2D eigenvalue weighted by molar-refractivity contribution is 6.30. The number of amides is 2. The van der Waals surface area contributed by atoms with Crippen molar-refractivity contribution in [3.63, 3.8) is 0 Å².